The van der Waals surface area contributed by atoms with Crippen LogP contribution in [0.2, 0.25) is 0 Å². The molecule has 0 aromatic heterocycles. The van der Waals surface area contributed by atoms with E-state index in [9.17, 15) is 9.90 Å². The summed E-state index contributed by atoms with van der Waals surface area (Å²) in [5.41, 5.74) is 6.70. The third-order valence-electron chi connectivity index (χ3n) is 2.42. The van der Waals surface area contributed by atoms with E-state index in [-0.39, 0.29) is 12.6 Å². The number of nitrogens with two attached hydrogens (primary N) is 1. The molecule has 4 heteroatoms. The monoisotopic (exact) mass is 237 g/mol. The van der Waals surface area contributed by atoms with Crippen molar-refractivity contribution in [3.8, 4) is 0 Å². The van der Waals surface area contributed by atoms with Crippen LogP contribution >= 0.6 is 0 Å². The van der Waals surface area contributed by atoms with Gasteiger partial charge in [0.2, 0.25) is 0 Å². The Bertz CT molecular complexity index is 408. The second-order valence-corrected chi connectivity index (χ2v) is 4.77. The van der Waals surface area contributed by atoms with Gasteiger partial charge in [-0.1, -0.05) is 0 Å². The largest absolute Gasteiger partial charge is 0.462 e. The Kier molecular flexibility index (Phi) is 4.12. The zero-order chi connectivity index (χ0) is 13.1. The van der Waals surface area contributed by atoms with Gasteiger partial charge in [-0.2, -0.15) is 0 Å². The van der Waals surface area contributed by atoms with Crippen LogP contribution in [0.5, 0.6) is 0 Å². The minimum Gasteiger partial charge on any atom is -0.462 e. The predicted molar refractivity (Wildman–Crippen MR) is 66.8 cm³/mol. The van der Waals surface area contributed by atoms with Crippen LogP contribution in [-0.4, -0.2) is 23.3 Å². The molecule has 0 spiro atoms. The van der Waals surface area contributed by atoms with E-state index in [2.05, 4.69) is 0 Å². The molecular formula is C13H19NO3. The van der Waals surface area contributed by atoms with E-state index in [0.717, 1.165) is 5.56 Å². The van der Waals surface area contributed by atoms with Crippen molar-refractivity contribution in [3.63, 3.8) is 0 Å². The molecule has 0 aliphatic heterocycles. The van der Waals surface area contributed by atoms with Crippen LogP contribution in [0.3, 0.4) is 0 Å². The van der Waals surface area contributed by atoms with Crippen LogP contribution in [0, 0.1) is 6.92 Å². The van der Waals surface area contributed by atoms with Gasteiger partial charge in [0.1, 0.15) is 0 Å². The third-order valence-corrected chi connectivity index (χ3v) is 2.42. The molecule has 0 amide bonds. The smallest absolute Gasteiger partial charge is 0.338 e. The van der Waals surface area contributed by atoms with Crippen LogP contribution in [0.25, 0.3) is 0 Å². The number of hydrogen-bond donors (Lipinski definition) is 2. The van der Waals surface area contributed by atoms with Crippen molar-refractivity contribution in [1.82, 2.24) is 0 Å². The van der Waals surface area contributed by atoms with E-state index < -0.39 is 5.60 Å². The number of carbonyl (C=O) groups excluding carboxylic acids is 1. The molecule has 0 fully saturated rings. The molecule has 94 valence electrons. The third kappa shape index (κ3) is 4.44. The Morgan fingerprint density at radius 2 is 2.12 bits per heavy atom. The lowest BCUT2D eigenvalue weighted by atomic mass is 10.1. The first-order valence-electron chi connectivity index (χ1n) is 5.55. The average Bonchev–Trinajstić information content (AvgIpc) is 2.15. The molecule has 3 N–H and O–H groups in total. The van der Waals surface area contributed by atoms with Crippen LogP contribution < -0.4 is 5.73 Å². The molecule has 0 atom stereocenters. The fourth-order valence-electron chi connectivity index (χ4n) is 1.39. The zero-order valence-electron chi connectivity index (χ0n) is 10.5. The molecular weight excluding hydrogens is 218 g/mol. The number of nitrogen functional groups attached to an aromatic ring is 1. The summed E-state index contributed by atoms with van der Waals surface area (Å²) in [7, 11) is 0. The standard InChI is InChI=1S/C13H19NO3/c1-9-8-10(14)4-5-11(9)12(15)17-7-6-13(2,3)16/h4-5,8,16H,6-7,14H2,1-3H3. The van der Waals surface area contributed by atoms with Crippen molar-refractivity contribution in [1.29, 1.82) is 0 Å². The van der Waals surface area contributed by atoms with E-state index >= 15 is 0 Å². The van der Waals surface area contributed by atoms with Gasteiger partial charge in [-0.05, 0) is 44.5 Å². The van der Waals surface area contributed by atoms with Crippen LogP contribution in [0.1, 0.15) is 36.2 Å². The number of hydrogen-bond acceptors (Lipinski definition) is 4. The van der Waals surface area contributed by atoms with Gasteiger partial charge in [-0.25, -0.2) is 4.79 Å². The number of rotatable bonds is 4. The predicted octanol–water partition coefficient (Wildman–Crippen LogP) is 1.90. The maximum Gasteiger partial charge on any atom is 0.338 e. The molecule has 0 aliphatic carbocycles. The Labute approximate surface area is 101 Å². The lowest BCUT2D eigenvalue weighted by Gasteiger charge is -2.16. The van der Waals surface area contributed by atoms with E-state index in [1.807, 2.05) is 6.92 Å². The van der Waals surface area contributed by atoms with Crippen molar-refractivity contribution in [2.75, 3.05) is 12.3 Å². The number of esters is 1. The Morgan fingerprint density at radius 1 is 1.47 bits per heavy atom. The van der Waals surface area contributed by atoms with Crippen molar-refractivity contribution in [2.45, 2.75) is 32.8 Å². The van der Waals surface area contributed by atoms with Crippen molar-refractivity contribution in [3.05, 3.63) is 29.3 Å². The maximum atomic E-state index is 11.7. The minimum absolute atomic E-state index is 0.201. The highest BCUT2D eigenvalue weighted by Crippen LogP contribution is 2.14. The van der Waals surface area contributed by atoms with Gasteiger partial charge >= 0.3 is 5.97 Å². The molecule has 4 nitrogen and oxygen atoms in total. The molecule has 0 bridgehead atoms. The zero-order valence-corrected chi connectivity index (χ0v) is 10.5. The van der Waals surface area contributed by atoms with Gasteiger partial charge in [0, 0.05) is 12.1 Å². The summed E-state index contributed by atoms with van der Waals surface area (Å²) in [6.07, 6.45) is 0.409. The lowest BCUT2D eigenvalue weighted by Crippen LogP contribution is -2.22. The fourth-order valence-corrected chi connectivity index (χ4v) is 1.39. The molecule has 0 heterocycles. The number of anilines is 1. The summed E-state index contributed by atoms with van der Waals surface area (Å²) in [5, 5.41) is 9.48. The average molecular weight is 237 g/mol. The molecule has 1 rings (SSSR count). The SMILES string of the molecule is Cc1cc(N)ccc1C(=O)OCCC(C)(C)O. The summed E-state index contributed by atoms with van der Waals surface area (Å²) in [5.74, 6) is -0.383. The number of aliphatic hydroxyl groups is 1. The second kappa shape index (κ2) is 5.19. The van der Waals surface area contributed by atoms with Gasteiger partial charge in [-0.3, -0.25) is 0 Å². The highest BCUT2D eigenvalue weighted by atomic mass is 16.5. The van der Waals surface area contributed by atoms with Gasteiger partial charge in [0.25, 0.3) is 0 Å². The molecule has 0 aliphatic rings. The Balaban J connectivity index is 2.59. The molecule has 0 saturated heterocycles. The number of carbonyl (C=O) groups is 1. The molecule has 0 unspecified atom stereocenters. The highest BCUT2D eigenvalue weighted by molar-refractivity contribution is 5.91. The summed E-state index contributed by atoms with van der Waals surface area (Å²) in [6, 6.07) is 5.04. The van der Waals surface area contributed by atoms with Gasteiger partial charge in [-0.15, -0.1) is 0 Å². The maximum absolute atomic E-state index is 11.7. The first-order valence-corrected chi connectivity index (χ1v) is 5.55. The number of aryl methyl sites for hydroxylation is 1. The summed E-state index contributed by atoms with van der Waals surface area (Å²) >= 11 is 0. The van der Waals surface area contributed by atoms with Crippen LogP contribution in [0.4, 0.5) is 5.69 Å². The fraction of sp³-hybridized carbons (Fsp3) is 0.462. The molecule has 0 radical (unpaired) electrons. The van der Waals surface area contributed by atoms with Crippen LogP contribution in [-0.2, 0) is 4.74 Å². The number of benzene rings is 1. The minimum atomic E-state index is -0.823. The molecule has 0 saturated carbocycles. The summed E-state index contributed by atoms with van der Waals surface area (Å²) in [4.78, 5) is 11.7. The van der Waals surface area contributed by atoms with Crippen molar-refractivity contribution in [2.24, 2.45) is 0 Å². The first kappa shape index (κ1) is 13.5. The highest BCUT2D eigenvalue weighted by Gasteiger charge is 2.15. The Morgan fingerprint density at radius 3 is 2.65 bits per heavy atom. The van der Waals surface area contributed by atoms with E-state index in [0.29, 0.717) is 17.7 Å². The summed E-state index contributed by atoms with van der Waals surface area (Å²) < 4.78 is 5.09. The second-order valence-electron chi connectivity index (χ2n) is 4.77. The number of ether oxygens (including phenoxy) is 1. The van der Waals surface area contributed by atoms with Gasteiger partial charge in [0.15, 0.2) is 0 Å². The van der Waals surface area contributed by atoms with E-state index in [1.165, 1.54) is 0 Å². The topological polar surface area (TPSA) is 72.6 Å². The van der Waals surface area contributed by atoms with Crippen molar-refractivity contribution < 1.29 is 14.6 Å². The molecule has 17 heavy (non-hydrogen) atoms. The van der Waals surface area contributed by atoms with Crippen LogP contribution in [0.15, 0.2) is 18.2 Å². The van der Waals surface area contributed by atoms with Crippen molar-refractivity contribution >= 4 is 11.7 Å². The first-order chi connectivity index (χ1) is 7.79. The lowest BCUT2D eigenvalue weighted by molar-refractivity contribution is 0.0244. The van der Waals surface area contributed by atoms with Gasteiger partial charge in [0.05, 0.1) is 17.8 Å². The van der Waals surface area contributed by atoms with Gasteiger partial charge < -0.3 is 15.6 Å². The molecule has 1 aromatic carbocycles. The quantitative estimate of drug-likeness (QED) is 0.619. The van der Waals surface area contributed by atoms with E-state index in [4.69, 9.17) is 10.5 Å². The Hall–Kier alpha value is -1.55. The molecule has 1 aromatic rings. The normalized spacial score (nSPS) is 11.3. The summed E-state index contributed by atoms with van der Waals surface area (Å²) in [6.45, 7) is 5.36. The van der Waals surface area contributed by atoms with E-state index in [1.54, 1.807) is 32.0 Å².